The minimum absolute atomic E-state index is 0.112. The molecule has 1 aromatic rings. The maximum Gasteiger partial charge on any atom is 0.217 e. The number of rotatable bonds is 2. The highest BCUT2D eigenvalue weighted by Crippen LogP contribution is 2.56. The van der Waals surface area contributed by atoms with Crippen LogP contribution >= 0.6 is 0 Å². The molecule has 1 unspecified atom stereocenters. The van der Waals surface area contributed by atoms with Crippen LogP contribution in [-0.4, -0.2) is 18.1 Å². The van der Waals surface area contributed by atoms with Gasteiger partial charge in [-0.25, -0.2) is 18.8 Å². The summed E-state index contributed by atoms with van der Waals surface area (Å²) in [4.78, 5) is 8.15. The van der Waals surface area contributed by atoms with Crippen LogP contribution < -0.4 is 16.8 Å². The molecule has 0 aromatic heterocycles. The number of nitrogens with two attached hydrogens (primary N) is 2. The van der Waals surface area contributed by atoms with Gasteiger partial charge in [0.05, 0.1) is 11.8 Å². The fourth-order valence-electron chi connectivity index (χ4n) is 2.51. The zero-order valence-corrected chi connectivity index (χ0v) is 10.0. The third kappa shape index (κ3) is 1.61. The molecule has 2 aliphatic rings. The van der Waals surface area contributed by atoms with Crippen molar-refractivity contribution in [2.45, 2.75) is 24.0 Å². The lowest BCUT2D eigenvalue weighted by atomic mass is 9.88. The van der Waals surface area contributed by atoms with E-state index in [-0.39, 0.29) is 11.5 Å². The molecule has 19 heavy (non-hydrogen) atoms. The van der Waals surface area contributed by atoms with E-state index in [1.165, 1.54) is 18.5 Å². The second kappa shape index (κ2) is 3.74. The Kier molecular flexibility index (Phi) is 2.37. The third-order valence-corrected chi connectivity index (χ3v) is 3.69. The van der Waals surface area contributed by atoms with Crippen LogP contribution in [-0.2, 0) is 5.41 Å². The first-order chi connectivity index (χ1) is 8.98. The van der Waals surface area contributed by atoms with E-state index < -0.39 is 22.8 Å². The van der Waals surface area contributed by atoms with Crippen molar-refractivity contribution in [2.75, 3.05) is 0 Å². The molecule has 100 valence electrons. The minimum atomic E-state index is -1.39. The molecule has 3 rings (SSSR count). The van der Waals surface area contributed by atoms with Crippen molar-refractivity contribution in [3.8, 4) is 0 Å². The molecule has 1 aromatic carbocycles. The van der Waals surface area contributed by atoms with Gasteiger partial charge < -0.3 is 11.1 Å². The predicted octanol–water partition coefficient (Wildman–Crippen LogP) is 0.555. The van der Waals surface area contributed by atoms with Crippen molar-refractivity contribution in [1.29, 1.82) is 0 Å². The molecule has 0 bridgehead atoms. The lowest BCUT2D eigenvalue weighted by molar-refractivity contribution is 0.337. The lowest BCUT2D eigenvalue weighted by Gasteiger charge is -2.33. The Morgan fingerprint density at radius 1 is 1.26 bits per heavy atom. The molecule has 0 radical (unpaired) electrons. The lowest BCUT2D eigenvalue weighted by Crippen LogP contribution is -2.54. The molecule has 0 amide bonds. The van der Waals surface area contributed by atoms with E-state index in [0.29, 0.717) is 12.8 Å². The van der Waals surface area contributed by atoms with E-state index in [4.69, 9.17) is 11.5 Å². The normalized spacial score (nSPS) is 27.6. The van der Waals surface area contributed by atoms with E-state index in [9.17, 15) is 8.78 Å². The fourth-order valence-corrected chi connectivity index (χ4v) is 2.51. The fraction of sp³-hybridized carbons (Fsp3) is 0.333. The van der Waals surface area contributed by atoms with E-state index in [1.807, 2.05) is 0 Å². The van der Waals surface area contributed by atoms with Crippen LogP contribution in [0.2, 0.25) is 0 Å². The highest BCUT2D eigenvalue weighted by atomic mass is 19.2. The summed E-state index contributed by atoms with van der Waals surface area (Å²) in [6.45, 7) is 0. The van der Waals surface area contributed by atoms with Crippen LogP contribution in [0.1, 0.15) is 18.4 Å². The van der Waals surface area contributed by atoms with Crippen molar-refractivity contribution in [3.63, 3.8) is 0 Å². The summed E-state index contributed by atoms with van der Waals surface area (Å²) in [6.07, 6.45) is 2.50. The van der Waals surface area contributed by atoms with Crippen molar-refractivity contribution < 1.29 is 8.78 Å². The molecule has 5 nitrogen and oxygen atoms in total. The number of halogens is 2. The smallest absolute Gasteiger partial charge is 0.217 e. The molecule has 0 spiro atoms. The summed E-state index contributed by atoms with van der Waals surface area (Å²) < 4.78 is 27.4. The molecule has 1 aliphatic carbocycles. The Morgan fingerprint density at radius 2 is 2.00 bits per heavy atom. The zero-order chi connectivity index (χ0) is 13.7. The van der Waals surface area contributed by atoms with Gasteiger partial charge in [0.2, 0.25) is 5.79 Å². The summed E-state index contributed by atoms with van der Waals surface area (Å²) in [5, 5.41) is 2.60. The maximum atomic E-state index is 14.0. The summed E-state index contributed by atoms with van der Waals surface area (Å²) in [6, 6.07) is 4.04. The Labute approximate surface area is 108 Å². The van der Waals surface area contributed by atoms with Crippen molar-refractivity contribution >= 4 is 12.3 Å². The van der Waals surface area contributed by atoms with Crippen LogP contribution in [0.25, 0.3) is 0 Å². The Hall–Kier alpha value is -2.02. The average Bonchev–Trinajstić information content (AvgIpc) is 3.14. The largest absolute Gasteiger partial charge is 0.370 e. The molecule has 0 saturated heterocycles. The van der Waals surface area contributed by atoms with Crippen LogP contribution in [0.5, 0.6) is 0 Å². The van der Waals surface area contributed by atoms with Gasteiger partial charge in [0.1, 0.15) is 0 Å². The first-order valence-electron chi connectivity index (χ1n) is 5.87. The highest BCUT2D eigenvalue weighted by molar-refractivity contribution is 5.91. The Balaban J connectivity index is 2.11. The Bertz CT molecular complexity index is 594. The van der Waals surface area contributed by atoms with E-state index in [1.54, 1.807) is 0 Å². The van der Waals surface area contributed by atoms with Crippen LogP contribution in [0.3, 0.4) is 0 Å². The van der Waals surface area contributed by atoms with E-state index >= 15 is 0 Å². The van der Waals surface area contributed by atoms with Gasteiger partial charge in [-0.2, -0.15) is 0 Å². The molecule has 7 heteroatoms. The van der Waals surface area contributed by atoms with Gasteiger partial charge in [-0.05, 0) is 18.9 Å². The quantitative estimate of drug-likeness (QED) is 0.729. The van der Waals surface area contributed by atoms with Gasteiger partial charge in [-0.1, -0.05) is 12.1 Å². The third-order valence-electron chi connectivity index (χ3n) is 3.69. The van der Waals surface area contributed by atoms with Gasteiger partial charge in [-0.15, -0.1) is 0 Å². The first-order valence-corrected chi connectivity index (χ1v) is 5.87. The van der Waals surface area contributed by atoms with Crippen LogP contribution in [0, 0.1) is 11.6 Å². The predicted molar refractivity (Wildman–Crippen MR) is 67.4 cm³/mol. The van der Waals surface area contributed by atoms with Gasteiger partial charge >= 0.3 is 0 Å². The number of nitrogens with zero attached hydrogens (tertiary/aromatic N) is 2. The number of benzene rings is 1. The molecule has 1 aliphatic heterocycles. The molecular formula is C12H13F2N5. The van der Waals surface area contributed by atoms with E-state index in [2.05, 4.69) is 15.3 Å². The second-order valence-corrected chi connectivity index (χ2v) is 4.81. The van der Waals surface area contributed by atoms with Crippen molar-refractivity contribution in [3.05, 3.63) is 35.4 Å². The topological polar surface area (TPSA) is 88.8 Å². The van der Waals surface area contributed by atoms with Gasteiger partial charge in [0, 0.05) is 5.56 Å². The molecule has 5 N–H and O–H groups in total. The molecule has 1 heterocycles. The van der Waals surface area contributed by atoms with Gasteiger partial charge in [-0.3, -0.25) is 5.73 Å². The SMILES string of the molecule is NC1=NC(N)(C2(c3cccc(F)c3F)CC2)N=CN1. The number of guanidine groups is 1. The van der Waals surface area contributed by atoms with Gasteiger partial charge in [0.15, 0.2) is 17.6 Å². The molecule has 1 saturated carbocycles. The minimum Gasteiger partial charge on any atom is -0.370 e. The monoisotopic (exact) mass is 265 g/mol. The number of hydrogen-bond donors (Lipinski definition) is 3. The van der Waals surface area contributed by atoms with E-state index in [0.717, 1.165) is 6.07 Å². The Morgan fingerprint density at radius 3 is 2.63 bits per heavy atom. The summed E-state index contributed by atoms with van der Waals surface area (Å²) in [5.41, 5.74) is 11.1. The van der Waals surface area contributed by atoms with Crippen molar-refractivity contribution in [2.24, 2.45) is 21.5 Å². The number of nitrogens with one attached hydrogen (secondary N) is 1. The highest BCUT2D eigenvalue weighted by Gasteiger charge is 2.61. The summed E-state index contributed by atoms with van der Waals surface area (Å²) in [7, 11) is 0. The maximum absolute atomic E-state index is 14.0. The molecular weight excluding hydrogens is 252 g/mol. The van der Waals surface area contributed by atoms with Crippen LogP contribution in [0.15, 0.2) is 28.2 Å². The number of hydrogen-bond acceptors (Lipinski definition) is 5. The number of aliphatic imine (C=N–C) groups is 2. The van der Waals surface area contributed by atoms with Crippen molar-refractivity contribution in [1.82, 2.24) is 5.32 Å². The average molecular weight is 265 g/mol. The summed E-state index contributed by atoms with van der Waals surface area (Å²) in [5.74, 6) is -3.08. The standard InChI is InChI=1S/C12H13F2N5/c13-8-3-1-2-7(9(8)14)11(4-5-11)12(16)18-6-17-10(15)19-12/h1-3,6H,4-5,16H2,(H3,15,17,18,19). The summed E-state index contributed by atoms with van der Waals surface area (Å²) >= 11 is 0. The first kappa shape index (κ1) is 12.0. The second-order valence-electron chi connectivity index (χ2n) is 4.81. The zero-order valence-electron chi connectivity index (χ0n) is 10.0. The molecule has 1 fully saturated rings. The van der Waals surface area contributed by atoms with Gasteiger partial charge in [0.25, 0.3) is 0 Å². The molecule has 1 atom stereocenters. The van der Waals surface area contributed by atoms with Crippen LogP contribution in [0.4, 0.5) is 8.78 Å².